The molecule has 0 atom stereocenters. The SMILES string of the molecule is CC(C)(C)COc1ccn(-c2ccc(C(=O)NS(=O)(=O)C3=NC(F)=[C+]C=C3)c(Cl)n2)n1. The summed E-state index contributed by atoms with van der Waals surface area (Å²) >= 11 is 6.08. The van der Waals surface area contributed by atoms with Crippen molar-refractivity contribution in [2.75, 3.05) is 6.61 Å². The van der Waals surface area contributed by atoms with Gasteiger partial charge in [0, 0.05) is 12.3 Å². The van der Waals surface area contributed by atoms with Crippen molar-refractivity contribution in [2.45, 2.75) is 20.8 Å². The van der Waals surface area contributed by atoms with E-state index < -0.39 is 26.9 Å². The van der Waals surface area contributed by atoms with Crippen molar-refractivity contribution in [2.24, 2.45) is 10.4 Å². The predicted octanol–water partition coefficient (Wildman–Crippen LogP) is 2.99. The lowest BCUT2D eigenvalue weighted by Crippen LogP contribution is -2.35. The number of pyridine rings is 1. The fourth-order valence-electron chi connectivity index (χ4n) is 2.25. The van der Waals surface area contributed by atoms with Crippen molar-refractivity contribution in [3.8, 4) is 11.7 Å². The number of aliphatic imine (C=N–C) groups is 1. The summed E-state index contributed by atoms with van der Waals surface area (Å²) in [5.41, 5.74) is -0.242. The highest BCUT2D eigenvalue weighted by Crippen LogP contribution is 2.20. The average molecular weight is 467 g/mol. The molecule has 9 nitrogen and oxygen atoms in total. The summed E-state index contributed by atoms with van der Waals surface area (Å²) in [5.74, 6) is -1.49. The van der Waals surface area contributed by atoms with Gasteiger partial charge in [0.2, 0.25) is 5.88 Å². The van der Waals surface area contributed by atoms with Crippen LogP contribution in [0.25, 0.3) is 5.82 Å². The minimum atomic E-state index is -4.42. The fraction of sp³-hybridized carbons (Fsp3) is 0.263. The van der Waals surface area contributed by atoms with Crippen molar-refractivity contribution in [1.29, 1.82) is 0 Å². The normalized spacial score (nSPS) is 13.8. The minimum absolute atomic E-state index is 0.0417. The monoisotopic (exact) mass is 466 g/mol. The maximum Gasteiger partial charge on any atom is 0.362 e. The van der Waals surface area contributed by atoms with Crippen molar-refractivity contribution in [1.82, 2.24) is 19.5 Å². The van der Waals surface area contributed by atoms with Crippen LogP contribution in [0.3, 0.4) is 0 Å². The fourth-order valence-corrected chi connectivity index (χ4v) is 3.39. The molecule has 0 unspecified atom stereocenters. The smallest absolute Gasteiger partial charge is 0.362 e. The molecule has 162 valence electrons. The number of halogens is 2. The second-order valence-corrected chi connectivity index (χ2v) is 9.60. The van der Waals surface area contributed by atoms with Crippen LogP contribution < -0.4 is 9.46 Å². The lowest BCUT2D eigenvalue weighted by Gasteiger charge is -2.17. The first-order valence-corrected chi connectivity index (χ1v) is 10.8. The number of carbonyl (C=O) groups excluding carboxylic acids is 1. The first-order valence-electron chi connectivity index (χ1n) is 8.91. The van der Waals surface area contributed by atoms with Gasteiger partial charge in [-0.1, -0.05) is 32.4 Å². The van der Waals surface area contributed by atoms with Crippen LogP contribution in [0.4, 0.5) is 4.39 Å². The number of nitrogens with one attached hydrogen (secondary N) is 1. The molecule has 0 fully saturated rings. The second kappa shape index (κ2) is 8.54. The van der Waals surface area contributed by atoms with E-state index in [1.165, 1.54) is 16.8 Å². The lowest BCUT2D eigenvalue weighted by atomic mass is 9.99. The molecule has 3 rings (SSSR count). The van der Waals surface area contributed by atoms with Crippen molar-refractivity contribution < 1.29 is 22.3 Å². The third kappa shape index (κ3) is 5.72. The third-order valence-corrected chi connectivity index (χ3v) is 5.19. The standard InChI is InChI=1S/C19H17ClFN5O4S/c1-19(2,3)11-30-15-9-10-26(24-15)14-8-7-12(17(20)23-14)18(27)25-31(28,29)16-6-4-5-13(21)22-16/h4,6-10H,11H2,1-3H3/p+1. The van der Waals surface area contributed by atoms with Gasteiger partial charge in [-0.25, -0.2) is 14.4 Å². The van der Waals surface area contributed by atoms with E-state index in [9.17, 15) is 17.6 Å². The molecular formula is C19H18ClFN5O4S+. The minimum Gasteiger partial charge on any atom is -0.476 e. The number of rotatable bonds is 4. The summed E-state index contributed by atoms with van der Waals surface area (Å²) in [6, 6.07) is 4.38. The Kier molecular flexibility index (Phi) is 6.21. The van der Waals surface area contributed by atoms with Gasteiger partial charge in [-0.05, 0) is 17.5 Å². The van der Waals surface area contributed by atoms with Gasteiger partial charge >= 0.3 is 16.0 Å². The third-order valence-electron chi connectivity index (χ3n) is 3.67. The molecule has 12 heteroatoms. The molecule has 0 spiro atoms. The van der Waals surface area contributed by atoms with Crippen LogP contribution in [0.15, 0.2) is 47.5 Å². The molecule has 0 aromatic carbocycles. The first kappa shape index (κ1) is 22.5. The predicted molar refractivity (Wildman–Crippen MR) is 112 cm³/mol. The molecule has 1 aliphatic heterocycles. The largest absolute Gasteiger partial charge is 0.476 e. The quantitative estimate of drug-likeness (QED) is 0.420. The number of hydrogen-bond acceptors (Lipinski definition) is 7. The molecule has 0 saturated heterocycles. The lowest BCUT2D eigenvalue weighted by molar-refractivity contribution is 0.0981. The van der Waals surface area contributed by atoms with E-state index >= 15 is 0 Å². The number of aromatic nitrogens is 3. The zero-order valence-electron chi connectivity index (χ0n) is 16.8. The summed E-state index contributed by atoms with van der Waals surface area (Å²) < 4.78 is 46.4. The highest BCUT2D eigenvalue weighted by molar-refractivity contribution is 8.05. The highest BCUT2D eigenvalue weighted by Gasteiger charge is 2.28. The summed E-state index contributed by atoms with van der Waals surface area (Å²) in [6.07, 6.45) is 5.71. The Labute approximate surface area is 183 Å². The van der Waals surface area contributed by atoms with E-state index in [1.54, 1.807) is 17.0 Å². The van der Waals surface area contributed by atoms with Gasteiger partial charge < -0.3 is 4.74 Å². The van der Waals surface area contributed by atoms with Gasteiger partial charge in [-0.3, -0.25) is 4.79 Å². The van der Waals surface area contributed by atoms with Crippen LogP contribution in [-0.4, -0.2) is 40.7 Å². The van der Waals surface area contributed by atoms with E-state index in [1.807, 2.05) is 20.8 Å². The number of sulfonamides is 1. The first-order chi connectivity index (χ1) is 14.4. The Bertz CT molecular complexity index is 1210. The number of amides is 1. The van der Waals surface area contributed by atoms with Crippen LogP contribution >= 0.6 is 11.6 Å². The molecule has 0 bridgehead atoms. The molecule has 2 aromatic rings. The molecule has 2 aromatic heterocycles. The maximum absolute atomic E-state index is 13.1. The Balaban J connectivity index is 1.75. The van der Waals surface area contributed by atoms with Crippen molar-refractivity contribution in [3.05, 3.63) is 59.3 Å². The molecule has 0 radical (unpaired) electrons. The average Bonchev–Trinajstić information content (AvgIpc) is 3.14. The molecular weight excluding hydrogens is 449 g/mol. The number of ether oxygens (including phenoxy) is 1. The molecule has 31 heavy (non-hydrogen) atoms. The Morgan fingerprint density at radius 1 is 1.32 bits per heavy atom. The summed E-state index contributed by atoms with van der Waals surface area (Å²) in [5, 5.41) is 3.32. The van der Waals surface area contributed by atoms with E-state index in [2.05, 4.69) is 21.2 Å². The summed E-state index contributed by atoms with van der Waals surface area (Å²) in [4.78, 5) is 19.7. The van der Waals surface area contributed by atoms with E-state index in [0.29, 0.717) is 12.5 Å². The van der Waals surface area contributed by atoms with Gasteiger partial charge in [0.1, 0.15) is 11.2 Å². The van der Waals surface area contributed by atoms with E-state index in [-0.39, 0.29) is 21.9 Å². The molecule has 3 heterocycles. The van der Waals surface area contributed by atoms with Crippen molar-refractivity contribution >= 4 is 32.6 Å². The summed E-state index contributed by atoms with van der Waals surface area (Å²) in [6.45, 7) is 6.54. The molecule has 1 amide bonds. The van der Waals surface area contributed by atoms with Gasteiger partial charge in [0.15, 0.2) is 18.0 Å². The number of nitrogens with zero attached hydrogens (tertiary/aromatic N) is 4. The van der Waals surface area contributed by atoms with E-state index in [4.69, 9.17) is 16.3 Å². The van der Waals surface area contributed by atoms with Crippen LogP contribution in [0, 0.1) is 11.5 Å². The summed E-state index contributed by atoms with van der Waals surface area (Å²) in [7, 11) is -4.42. The van der Waals surface area contributed by atoms with Gasteiger partial charge in [-0.15, -0.1) is 9.49 Å². The number of hydrogen-bond donors (Lipinski definition) is 1. The Morgan fingerprint density at radius 3 is 2.71 bits per heavy atom. The van der Waals surface area contributed by atoms with Crippen LogP contribution in [-0.2, 0) is 10.0 Å². The molecule has 0 saturated carbocycles. The van der Waals surface area contributed by atoms with Gasteiger partial charge in [-0.2, -0.15) is 13.4 Å². The number of allylic oxidation sites excluding steroid dienone is 2. The maximum atomic E-state index is 13.1. The second-order valence-electron chi connectivity index (χ2n) is 7.61. The zero-order valence-corrected chi connectivity index (χ0v) is 18.3. The highest BCUT2D eigenvalue weighted by atomic mass is 35.5. The Morgan fingerprint density at radius 2 is 2.06 bits per heavy atom. The van der Waals surface area contributed by atoms with Gasteiger partial charge in [0.25, 0.3) is 11.0 Å². The topological polar surface area (TPSA) is 116 Å². The van der Waals surface area contributed by atoms with Gasteiger partial charge in [0.05, 0.1) is 12.2 Å². The molecule has 1 N–H and O–H groups in total. The van der Waals surface area contributed by atoms with Crippen LogP contribution in [0.1, 0.15) is 31.1 Å². The zero-order chi connectivity index (χ0) is 22.8. The molecule has 0 aliphatic carbocycles. The van der Waals surface area contributed by atoms with Crippen molar-refractivity contribution in [3.63, 3.8) is 0 Å². The van der Waals surface area contributed by atoms with E-state index in [0.717, 1.165) is 12.2 Å². The molecule has 1 aliphatic rings. The van der Waals surface area contributed by atoms with Crippen LogP contribution in [0.5, 0.6) is 5.88 Å². The van der Waals surface area contributed by atoms with Crippen LogP contribution in [0.2, 0.25) is 5.15 Å². The Hall–Kier alpha value is -3.14. The number of carbonyl (C=O) groups is 1.